The van der Waals surface area contributed by atoms with Gasteiger partial charge in [-0.3, -0.25) is 4.79 Å². The Morgan fingerprint density at radius 2 is 2.25 bits per heavy atom. The molecule has 0 amide bonds. The molecule has 2 rings (SSSR count). The van der Waals surface area contributed by atoms with Crippen LogP contribution in [0.15, 0.2) is 0 Å². The summed E-state index contributed by atoms with van der Waals surface area (Å²) in [4.78, 5) is 11.5. The molecule has 0 unspecified atom stereocenters. The maximum atomic E-state index is 11.5. The molecule has 2 atom stereocenters. The van der Waals surface area contributed by atoms with E-state index in [-0.39, 0.29) is 5.78 Å². The number of nitriles is 1. The van der Waals surface area contributed by atoms with Gasteiger partial charge in [-0.25, -0.2) is 0 Å². The van der Waals surface area contributed by atoms with E-state index in [4.69, 9.17) is 5.26 Å². The number of hydrogen-bond acceptors (Lipinski definition) is 2. The fourth-order valence-electron chi connectivity index (χ4n) is 2.74. The molecule has 12 heavy (non-hydrogen) atoms. The number of hydrogen-bond donors (Lipinski definition) is 0. The molecule has 0 aromatic heterocycles. The molecule has 2 nitrogen and oxygen atoms in total. The highest BCUT2D eigenvalue weighted by molar-refractivity contribution is 5.90. The van der Waals surface area contributed by atoms with Gasteiger partial charge < -0.3 is 0 Å². The van der Waals surface area contributed by atoms with Gasteiger partial charge in [0.2, 0.25) is 0 Å². The van der Waals surface area contributed by atoms with E-state index in [1.165, 1.54) is 6.42 Å². The predicted molar refractivity (Wildman–Crippen MR) is 44.2 cm³/mol. The summed E-state index contributed by atoms with van der Waals surface area (Å²) in [6.07, 6.45) is 5.81. The first kappa shape index (κ1) is 7.79. The zero-order valence-corrected chi connectivity index (χ0v) is 7.18. The van der Waals surface area contributed by atoms with Crippen molar-refractivity contribution in [2.45, 2.75) is 38.5 Å². The van der Waals surface area contributed by atoms with Gasteiger partial charge in [-0.1, -0.05) is 12.8 Å². The Labute approximate surface area is 72.6 Å². The van der Waals surface area contributed by atoms with Gasteiger partial charge in [0.15, 0.2) is 5.78 Å². The fraction of sp³-hybridized carbons (Fsp3) is 0.800. The standard InChI is InChI=1S/C10H13NO/c11-7-10-6-2-1-3-8(10)4-5-9(10)12/h8H,1-6H2/t8-,10+/m0/s1. The fourth-order valence-corrected chi connectivity index (χ4v) is 2.74. The second-order valence-corrected chi connectivity index (χ2v) is 3.99. The lowest BCUT2D eigenvalue weighted by Gasteiger charge is -2.31. The predicted octanol–water partition coefficient (Wildman–Crippen LogP) is 2.05. The number of carbonyl (C=O) groups excluding carboxylic acids is 1. The maximum absolute atomic E-state index is 11.5. The quantitative estimate of drug-likeness (QED) is 0.548. The summed E-state index contributed by atoms with van der Waals surface area (Å²) in [6, 6.07) is 2.28. The minimum atomic E-state index is -0.543. The van der Waals surface area contributed by atoms with Crippen LogP contribution in [0.25, 0.3) is 0 Å². The van der Waals surface area contributed by atoms with Crippen LogP contribution < -0.4 is 0 Å². The molecular weight excluding hydrogens is 150 g/mol. The van der Waals surface area contributed by atoms with E-state index in [1.54, 1.807) is 0 Å². The summed E-state index contributed by atoms with van der Waals surface area (Å²) in [6.45, 7) is 0. The van der Waals surface area contributed by atoms with E-state index >= 15 is 0 Å². The monoisotopic (exact) mass is 163 g/mol. The molecule has 2 aliphatic rings. The first-order valence-electron chi connectivity index (χ1n) is 4.74. The van der Waals surface area contributed by atoms with E-state index in [2.05, 4.69) is 6.07 Å². The largest absolute Gasteiger partial charge is 0.298 e. The van der Waals surface area contributed by atoms with Gasteiger partial charge in [0.05, 0.1) is 6.07 Å². The van der Waals surface area contributed by atoms with Crippen LogP contribution >= 0.6 is 0 Å². The van der Waals surface area contributed by atoms with E-state index < -0.39 is 5.41 Å². The van der Waals surface area contributed by atoms with Crippen LogP contribution in [0.5, 0.6) is 0 Å². The Hall–Kier alpha value is -0.840. The molecule has 0 spiro atoms. The number of nitrogens with zero attached hydrogens (tertiary/aromatic N) is 1. The van der Waals surface area contributed by atoms with Crippen molar-refractivity contribution in [1.29, 1.82) is 5.26 Å². The number of fused-ring (bicyclic) bond motifs is 1. The van der Waals surface area contributed by atoms with Crippen molar-refractivity contribution in [1.82, 2.24) is 0 Å². The Kier molecular flexibility index (Phi) is 1.68. The molecule has 64 valence electrons. The SMILES string of the molecule is N#C[C@]12CCCC[C@H]1CCC2=O. The van der Waals surface area contributed by atoms with Gasteiger partial charge in [-0.15, -0.1) is 0 Å². The lowest BCUT2D eigenvalue weighted by atomic mass is 9.69. The van der Waals surface area contributed by atoms with Gasteiger partial charge >= 0.3 is 0 Å². The van der Waals surface area contributed by atoms with E-state index in [9.17, 15) is 4.79 Å². The number of ketones is 1. The highest BCUT2D eigenvalue weighted by Gasteiger charge is 2.50. The average molecular weight is 163 g/mol. The average Bonchev–Trinajstić information content (AvgIpc) is 2.45. The molecule has 0 heterocycles. The van der Waals surface area contributed by atoms with Crippen LogP contribution in [0.1, 0.15) is 38.5 Å². The number of rotatable bonds is 0. The van der Waals surface area contributed by atoms with Gasteiger partial charge in [-0.05, 0) is 25.2 Å². The third kappa shape index (κ3) is 0.827. The number of Topliss-reactive ketones (excluding diaryl/α,β-unsaturated/α-hetero) is 1. The second-order valence-electron chi connectivity index (χ2n) is 3.99. The Morgan fingerprint density at radius 1 is 1.42 bits per heavy atom. The molecule has 0 aromatic carbocycles. The zero-order valence-electron chi connectivity index (χ0n) is 7.18. The molecule has 2 heteroatoms. The summed E-state index contributed by atoms with van der Waals surface area (Å²) < 4.78 is 0. The van der Waals surface area contributed by atoms with Crippen molar-refractivity contribution in [3.8, 4) is 6.07 Å². The first-order chi connectivity index (χ1) is 5.79. The van der Waals surface area contributed by atoms with E-state index in [1.807, 2.05) is 0 Å². The van der Waals surface area contributed by atoms with E-state index in [0.717, 1.165) is 25.7 Å². The summed E-state index contributed by atoms with van der Waals surface area (Å²) in [5, 5.41) is 9.05. The molecule has 0 saturated heterocycles. The molecule has 0 aromatic rings. The summed E-state index contributed by atoms with van der Waals surface area (Å²) >= 11 is 0. The second kappa shape index (κ2) is 2.58. The topological polar surface area (TPSA) is 40.9 Å². The van der Waals surface area contributed by atoms with Crippen LogP contribution in [0, 0.1) is 22.7 Å². The lowest BCUT2D eigenvalue weighted by Crippen LogP contribution is -2.33. The smallest absolute Gasteiger partial charge is 0.153 e. The van der Waals surface area contributed by atoms with Crippen LogP contribution in [0.2, 0.25) is 0 Å². The normalized spacial score (nSPS) is 40.6. The van der Waals surface area contributed by atoms with E-state index in [0.29, 0.717) is 12.3 Å². The van der Waals surface area contributed by atoms with Crippen molar-refractivity contribution >= 4 is 5.78 Å². The van der Waals surface area contributed by atoms with Crippen molar-refractivity contribution in [3.05, 3.63) is 0 Å². The summed E-state index contributed by atoms with van der Waals surface area (Å²) in [5.74, 6) is 0.610. The molecule has 2 fully saturated rings. The highest BCUT2D eigenvalue weighted by Crippen LogP contribution is 2.49. The molecule has 0 N–H and O–H groups in total. The van der Waals surface area contributed by atoms with Gasteiger partial charge in [0.25, 0.3) is 0 Å². The molecule has 0 aliphatic heterocycles. The number of carbonyl (C=O) groups is 1. The minimum Gasteiger partial charge on any atom is -0.298 e. The molecule has 2 aliphatic carbocycles. The molecule has 0 bridgehead atoms. The van der Waals surface area contributed by atoms with Crippen LogP contribution in [-0.4, -0.2) is 5.78 Å². The third-order valence-corrected chi connectivity index (χ3v) is 3.49. The van der Waals surface area contributed by atoms with Crippen molar-refractivity contribution in [3.63, 3.8) is 0 Å². The highest BCUT2D eigenvalue weighted by atomic mass is 16.1. The Bertz CT molecular complexity index is 253. The maximum Gasteiger partial charge on any atom is 0.153 e. The van der Waals surface area contributed by atoms with Gasteiger partial charge in [-0.2, -0.15) is 5.26 Å². The van der Waals surface area contributed by atoms with Gasteiger partial charge in [0.1, 0.15) is 5.41 Å². The lowest BCUT2D eigenvalue weighted by molar-refractivity contribution is -0.125. The van der Waals surface area contributed by atoms with Crippen molar-refractivity contribution in [2.75, 3.05) is 0 Å². The zero-order chi connectivity index (χ0) is 8.60. The van der Waals surface area contributed by atoms with Gasteiger partial charge in [0, 0.05) is 6.42 Å². The molecule has 2 saturated carbocycles. The van der Waals surface area contributed by atoms with Crippen LogP contribution in [0.4, 0.5) is 0 Å². The Balaban J connectivity index is 2.33. The summed E-state index contributed by atoms with van der Waals surface area (Å²) in [7, 11) is 0. The molecule has 0 radical (unpaired) electrons. The third-order valence-electron chi connectivity index (χ3n) is 3.49. The summed E-state index contributed by atoms with van der Waals surface area (Å²) in [5.41, 5.74) is -0.543. The Morgan fingerprint density at radius 3 is 2.92 bits per heavy atom. The minimum absolute atomic E-state index is 0.217. The molecular formula is C10H13NO. The van der Waals surface area contributed by atoms with Crippen LogP contribution in [-0.2, 0) is 4.79 Å². The van der Waals surface area contributed by atoms with Crippen molar-refractivity contribution < 1.29 is 4.79 Å². The van der Waals surface area contributed by atoms with Crippen LogP contribution in [0.3, 0.4) is 0 Å². The van der Waals surface area contributed by atoms with Crippen molar-refractivity contribution in [2.24, 2.45) is 11.3 Å². The first-order valence-corrected chi connectivity index (χ1v) is 4.74.